The molecule has 152 valence electrons. The fourth-order valence-electron chi connectivity index (χ4n) is 6.55. The Morgan fingerprint density at radius 1 is 0.560 bits per heavy atom. The topological polar surface area (TPSA) is 0 Å². The molecule has 0 nitrogen and oxygen atoms in total. The van der Waals surface area contributed by atoms with Gasteiger partial charge in [0.1, 0.15) is 0 Å². The summed E-state index contributed by atoms with van der Waals surface area (Å²) in [6, 6.07) is 0. The normalized spacial score (nSPS) is 13.2. The molecular weight excluding hydrogens is 300 g/mol. The smallest absolute Gasteiger partial charge is 0.0213 e. The van der Waals surface area contributed by atoms with Crippen LogP contribution in [0, 0.1) is 22.7 Å². The number of hydrogen-bond donors (Lipinski definition) is 0. The third kappa shape index (κ3) is 6.59. The average molecular weight is 353 g/mol. The molecule has 0 aliphatic rings. The van der Waals surface area contributed by atoms with Crippen LogP contribution in [0.25, 0.3) is 0 Å². The first-order valence-corrected chi connectivity index (χ1v) is 11.9. The van der Waals surface area contributed by atoms with Gasteiger partial charge in [-0.2, -0.15) is 0 Å². The zero-order chi connectivity index (χ0) is 19.3. The molecule has 0 amide bonds. The molecule has 0 atom stereocenters. The van der Waals surface area contributed by atoms with Crippen LogP contribution < -0.4 is 0 Å². The van der Waals surface area contributed by atoms with Crippen molar-refractivity contribution < 1.29 is 0 Å². The Balaban J connectivity index is 6.33. The molecule has 0 spiro atoms. The van der Waals surface area contributed by atoms with Gasteiger partial charge in [-0.05, 0) is 54.8 Å². The van der Waals surface area contributed by atoms with Crippen LogP contribution in [0.3, 0.4) is 0 Å². The minimum absolute atomic E-state index is 0.561. The summed E-state index contributed by atoms with van der Waals surface area (Å²) in [6.45, 7) is 19.5. The second-order valence-electron chi connectivity index (χ2n) is 9.31. The maximum atomic E-state index is 2.47. The summed E-state index contributed by atoms with van der Waals surface area (Å²) >= 11 is 0. The minimum Gasteiger partial charge on any atom is -0.0654 e. The highest BCUT2D eigenvalue weighted by molar-refractivity contribution is 5.01. The van der Waals surface area contributed by atoms with E-state index in [2.05, 4.69) is 55.4 Å². The van der Waals surface area contributed by atoms with Crippen molar-refractivity contribution in [2.45, 2.75) is 139 Å². The van der Waals surface area contributed by atoms with E-state index in [0.29, 0.717) is 10.8 Å². The molecule has 0 bridgehead atoms. The highest BCUT2D eigenvalue weighted by Gasteiger charge is 2.52. The van der Waals surface area contributed by atoms with Gasteiger partial charge >= 0.3 is 0 Å². The van der Waals surface area contributed by atoms with E-state index in [9.17, 15) is 0 Å². The molecule has 0 saturated carbocycles. The van der Waals surface area contributed by atoms with Crippen molar-refractivity contribution in [1.29, 1.82) is 0 Å². The Hall–Kier alpha value is 0. The average Bonchev–Trinajstić information content (AvgIpc) is 2.54. The molecule has 0 fully saturated rings. The van der Waals surface area contributed by atoms with Crippen molar-refractivity contribution in [3.05, 3.63) is 0 Å². The predicted molar refractivity (Wildman–Crippen MR) is 117 cm³/mol. The fourth-order valence-corrected chi connectivity index (χ4v) is 6.55. The van der Waals surface area contributed by atoms with E-state index < -0.39 is 0 Å². The summed E-state index contributed by atoms with van der Waals surface area (Å²) < 4.78 is 0. The largest absolute Gasteiger partial charge is 0.0654 e. The van der Waals surface area contributed by atoms with Gasteiger partial charge in [0.2, 0.25) is 0 Å². The van der Waals surface area contributed by atoms with Crippen LogP contribution in [0.1, 0.15) is 139 Å². The van der Waals surface area contributed by atoms with Crippen molar-refractivity contribution in [3.8, 4) is 0 Å². The standard InChI is InChI=1S/C25H52/c1-9-15-23(16-10-2)25(19-13-5,20-14-6)24(17-11-3,18-12-4)21-22(7)8/h22-23H,9-21H2,1-8H3. The zero-order valence-corrected chi connectivity index (χ0v) is 19.3. The molecule has 0 heterocycles. The van der Waals surface area contributed by atoms with Crippen LogP contribution in [0.5, 0.6) is 0 Å². The van der Waals surface area contributed by atoms with E-state index in [1.54, 1.807) is 0 Å². The first kappa shape index (κ1) is 25.0. The van der Waals surface area contributed by atoms with Crippen LogP contribution in [0.15, 0.2) is 0 Å². The molecule has 0 rings (SSSR count). The molecule has 0 aromatic heterocycles. The highest BCUT2D eigenvalue weighted by atomic mass is 14.6. The Morgan fingerprint density at radius 3 is 1.24 bits per heavy atom. The fraction of sp³-hybridized carbons (Fsp3) is 1.00. The maximum Gasteiger partial charge on any atom is -0.0213 e. The second-order valence-corrected chi connectivity index (χ2v) is 9.31. The molecule has 0 aliphatic carbocycles. The van der Waals surface area contributed by atoms with E-state index in [1.807, 2.05) is 0 Å². The summed E-state index contributed by atoms with van der Waals surface area (Å²) in [5, 5.41) is 0. The lowest BCUT2D eigenvalue weighted by Gasteiger charge is -2.57. The van der Waals surface area contributed by atoms with E-state index in [1.165, 1.54) is 83.5 Å². The van der Waals surface area contributed by atoms with Crippen molar-refractivity contribution in [2.75, 3.05) is 0 Å². The van der Waals surface area contributed by atoms with E-state index in [-0.39, 0.29) is 0 Å². The Bertz CT molecular complexity index is 283. The van der Waals surface area contributed by atoms with Gasteiger partial charge in [-0.15, -0.1) is 0 Å². The first-order chi connectivity index (χ1) is 11.9. The molecule has 0 saturated heterocycles. The third-order valence-electron chi connectivity index (χ3n) is 6.76. The summed E-state index contributed by atoms with van der Waals surface area (Å²) in [6.07, 6.45) is 18.3. The quantitative estimate of drug-likeness (QED) is 0.259. The van der Waals surface area contributed by atoms with Crippen LogP contribution in [0.2, 0.25) is 0 Å². The van der Waals surface area contributed by atoms with Gasteiger partial charge in [0, 0.05) is 0 Å². The Morgan fingerprint density at radius 2 is 0.960 bits per heavy atom. The first-order valence-electron chi connectivity index (χ1n) is 11.9. The lowest BCUT2D eigenvalue weighted by Crippen LogP contribution is -2.48. The van der Waals surface area contributed by atoms with Crippen molar-refractivity contribution >= 4 is 0 Å². The lowest BCUT2D eigenvalue weighted by atomic mass is 9.47. The van der Waals surface area contributed by atoms with Gasteiger partial charge in [0.15, 0.2) is 0 Å². The predicted octanol–water partition coefficient (Wildman–Crippen LogP) is 9.42. The van der Waals surface area contributed by atoms with Gasteiger partial charge in [0.05, 0.1) is 0 Å². The zero-order valence-electron chi connectivity index (χ0n) is 19.3. The number of rotatable bonds is 16. The van der Waals surface area contributed by atoms with Crippen molar-refractivity contribution in [1.82, 2.24) is 0 Å². The molecule has 0 N–H and O–H groups in total. The maximum absolute atomic E-state index is 2.47. The summed E-state index contributed by atoms with van der Waals surface area (Å²) in [5.41, 5.74) is 1.13. The third-order valence-corrected chi connectivity index (χ3v) is 6.76. The van der Waals surface area contributed by atoms with Gasteiger partial charge in [-0.3, -0.25) is 0 Å². The summed E-state index contributed by atoms with van der Waals surface area (Å²) in [5.74, 6) is 1.74. The summed E-state index contributed by atoms with van der Waals surface area (Å²) in [4.78, 5) is 0. The van der Waals surface area contributed by atoms with E-state index >= 15 is 0 Å². The van der Waals surface area contributed by atoms with Gasteiger partial charge in [-0.25, -0.2) is 0 Å². The van der Waals surface area contributed by atoms with Crippen molar-refractivity contribution in [3.63, 3.8) is 0 Å². The molecule has 0 aromatic rings. The minimum atomic E-state index is 0.561. The molecule has 25 heavy (non-hydrogen) atoms. The molecule has 0 aliphatic heterocycles. The Kier molecular flexibility index (Phi) is 13.2. The molecule has 0 aromatic carbocycles. The van der Waals surface area contributed by atoms with Crippen LogP contribution in [-0.4, -0.2) is 0 Å². The molecule has 0 heteroatoms. The van der Waals surface area contributed by atoms with Gasteiger partial charge < -0.3 is 0 Å². The molecule has 0 unspecified atom stereocenters. The monoisotopic (exact) mass is 352 g/mol. The second kappa shape index (κ2) is 13.2. The van der Waals surface area contributed by atoms with E-state index in [0.717, 1.165) is 11.8 Å². The van der Waals surface area contributed by atoms with Crippen LogP contribution >= 0.6 is 0 Å². The lowest BCUT2D eigenvalue weighted by molar-refractivity contribution is -0.0766. The molecule has 0 radical (unpaired) electrons. The van der Waals surface area contributed by atoms with E-state index in [4.69, 9.17) is 0 Å². The van der Waals surface area contributed by atoms with Crippen LogP contribution in [-0.2, 0) is 0 Å². The summed E-state index contributed by atoms with van der Waals surface area (Å²) in [7, 11) is 0. The SMILES string of the molecule is CCCC(CCC)C(CCC)(CCC)C(CCC)(CCC)CC(C)C. The Labute approximate surface area is 161 Å². The van der Waals surface area contributed by atoms with Gasteiger partial charge in [0.25, 0.3) is 0 Å². The highest BCUT2D eigenvalue weighted by Crippen LogP contribution is 2.61. The molecular formula is C25H52. The van der Waals surface area contributed by atoms with Crippen LogP contribution in [0.4, 0.5) is 0 Å². The number of hydrogen-bond acceptors (Lipinski definition) is 0. The van der Waals surface area contributed by atoms with Crippen molar-refractivity contribution in [2.24, 2.45) is 22.7 Å². The van der Waals surface area contributed by atoms with Gasteiger partial charge in [-0.1, -0.05) is 107 Å².